The second kappa shape index (κ2) is 6.19. The molecule has 5 heteroatoms. The SMILES string of the molecule is Cl.Cl.N[C@@H]1CN[C@H](CO)C1. The summed E-state index contributed by atoms with van der Waals surface area (Å²) in [5, 5.41) is 11.6. The quantitative estimate of drug-likeness (QED) is 0.521. The van der Waals surface area contributed by atoms with Gasteiger partial charge in [-0.15, -0.1) is 24.8 Å². The normalized spacial score (nSPS) is 30.6. The lowest BCUT2D eigenvalue weighted by Crippen LogP contribution is -2.25. The fourth-order valence-electron chi connectivity index (χ4n) is 0.989. The summed E-state index contributed by atoms with van der Waals surface area (Å²) in [4.78, 5) is 0. The Bertz CT molecular complexity index is 84.0. The van der Waals surface area contributed by atoms with E-state index in [2.05, 4.69) is 5.32 Å². The van der Waals surface area contributed by atoms with Crippen molar-refractivity contribution in [2.24, 2.45) is 5.73 Å². The molecule has 4 N–H and O–H groups in total. The molecule has 10 heavy (non-hydrogen) atoms. The molecular formula is C5H14Cl2N2O. The fraction of sp³-hybridized carbons (Fsp3) is 1.00. The van der Waals surface area contributed by atoms with Crippen LogP contribution in [0.25, 0.3) is 0 Å². The minimum absolute atomic E-state index is 0. The van der Waals surface area contributed by atoms with E-state index in [4.69, 9.17) is 10.8 Å². The first-order valence-corrected chi connectivity index (χ1v) is 2.92. The van der Waals surface area contributed by atoms with E-state index in [1.807, 2.05) is 0 Å². The van der Waals surface area contributed by atoms with Crippen LogP contribution < -0.4 is 11.1 Å². The lowest BCUT2D eigenvalue weighted by molar-refractivity contribution is 0.254. The van der Waals surface area contributed by atoms with Gasteiger partial charge >= 0.3 is 0 Å². The predicted molar refractivity (Wildman–Crippen MR) is 46.0 cm³/mol. The summed E-state index contributed by atoms with van der Waals surface area (Å²) in [5.74, 6) is 0. The van der Waals surface area contributed by atoms with Crippen molar-refractivity contribution in [3.8, 4) is 0 Å². The molecule has 0 bridgehead atoms. The highest BCUT2D eigenvalue weighted by Crippen LogP contribution is 2.01. The fourth-order valence-corrected chi connectivity index (χ4v) is 0.989. The summed E-state index contributed by atoms with van der Waals surface area (Å²) in [7, 11) is 0. The largest absolute Gasteiger partial charge is 0.395 e. The maximum absolute atomic E-state index is 8.57. The van der Waals surface area contributed by atoms with Crippen LogP contribution in [-0.4, -0.2) is 30.3 Å². The van der Waals surface area contributed by atoms with E-state index < -0.39 is 0 Å². The molecule has 1 aliphatic rings. The molecule has 0 radical (unpaired) electrons. The summed E-state index contributed by atoms with van der Waals surface area (Å²) < 4.78 is 0. The Morgan fingerprint density at radius 3 is 2.30 bits per heavy atom. The van der Waals surface area contributed by atoms with E-state index in [1.54, 1.807) is 0 Å². The van der Waals surface area contributed by atoms with Crippen LogP contribution in [0, 0.1) is 0 Å². The van der Waals surface area contributed by atoms with Crippen LogP contribution in [0.1, 0.15) is 6.42 Å². The lowest BCUT2D eigenvalue weighted by Gasteiger charge is -2.01. The molecule has 1 saturated heterocycles. The molecule has 2 atom stereocenters. The van der Waals surface area contributed by atoms with Crippen molar-refractivity contribution < 1.29 is 5.11 Å². The average Bonchev–Trinajstić information content (AvgIpc) is 2.14. The smallest absolute Gasteiger partial charge is 0.0585 e. The summed E-state index contributed by atoms with van der Waals surface area (Å²) in [6, 6.07) is 0.511. The summed E-state index contributed by atoms with van der Waals surface area (Å²) in [5.41, 5.74) is 5.53. The van der Waals surface area contributed by atoms with Gasteiger partial charge in [-0.3, -0.25) is 0 Å². The standard InChI is InChI=1S/C5H12N2O.2ClH/c6-4-1-5(3-8)7-2-4;;/h4-5,7-8H,1-3,6H2;2*1H/t4-,5-;;/m0../s1. The number of aliphatic hydroxyl groups excluding tert-OH is 1. The molecule has 64 valence electrons. The Kier molecular flexibility index (Phi) is 8.09. The van der Waals surface area contributed by atoms with Crippen LogP contribution >= 0.6 is 24.8 Å². The second-order valence-corrected chi connectivity index (χ2v) is 2.28. The summed E-state index contributed by atoms with van der Waals surface area (Å²) in [6.45, 7) is 1.07. The van der Waals surface area contributed by atoms with Gasteiger partial charge in [0, 0.05) is 18.6 Å². The van der Waals surface area contributed by atoms with Crippen molar-refractivity contribution in [3.63, 3.8) is 0 Å². The maximum Gasteiger partial charge on any atom is 0.0585 e. The molecule has 0 unspecified atom stereocenters. The van der Waals surface area contributed by atoms with Gasteiger partial charge < -0.3 is 16.2 Å². The lowest BCUT2D eigenvalue weighted by atomic mass is 10.2. The third-order valence-electron chi connectivity index (χ3n) is 1.48. The molecular weight excluding hydrogens is 175 g/mol. The molecule has 0 aromatic carbocycles. The molecule has 0 amide bonds. The summed E-state index contributed by atoms with van der Waals surface area (Å²) in [6.07, 6.45) is 0.913. The summed E-state index contributed by atoms with van der Waals surface area (Å²) >= 11 is 0. The van der Waals surface area contributed by atoms with E-state index in [0.29, 0.717) is 0 Å². The minimum atomic E-state index is 0. The van der Waals surface area contributed by atoms with Crippen LogP contribution in [0.5, 0.6) is 0 Å². The Morgan fingerprint density at radius 2 is 2.10 bits per heavy atom. The zero-order chi connectivity index (χ0) is 5.98. The molecule has 0 spiro atoms. The molecule has 3 nitrogen and oxygen atoms in total. The van der Waals surface area contributed by atoms with Gasteiger partial charge in [0.1, 0.15) is 0 Å². The van der Waals surface area contributed by atoms with Gasteiger partial charge in [0.15, 0.2) is 0 Å². The molecule has 1 aliphatic heterocycles. The number of rotatable bonds is 1. The maximum atomic E-state index is 8.57. The van der Waals surface area contributed by atoms with Crippen molar-refractivity contribution in [3.05, 3.63) is 0 Å². The molecule has 0 aromatic rings. The van der Waals surface area contributed by atoms with Crippen molar-refractivity contribution >= 4 is 24.8 Å². The van der Waals surface area contributed by atoms with Crippen LogP contribution in [0.15, 0.2) is 0 Å². The first kappa shape index (κ1) is 13.1. The Labute approximate surface area is 73.2 Å². The van der Waals surface area contributed by atoms with Crippen molar-refractivity contribution in [2.45, 2.75) is 18.5 Å². The van der Waals surface area contributed by atoms with E-state index in [1.165, 1.54) is 0 Å². The Morgan fingerprint density at radius 1 is 1.50 bits per heavy atom. The highest BCUT2D eigenvalue weighted by atomic mass is 35.5. The zero-order valence-electron chi connectivity index (χ0n) is 5.62. The third kappa shape index (κ3) is 3.58. The molecule has 1 rings (SSSR count). The highest BCUT2D eigenvalue weighted by Gasteiger charge is 2.18. The topological polar surface area (TPSA) is 58.3 Å². The van der Waals surface area contributed by atoms with Gasteiger partial charge in [0.25, 0.3) is 0 Å². The molecule has 0 aromatic heterocycles. The van der Waals surface area contributed by atoms with E-state index >= 15 is 0 Å². The van der Waals surface area contributed by atoms with Gasteiger partial charge in [-0.2, -0.15) is 0 Å². The Hall–Kier alpha value is 0.460. The van der Waals surface area contributed by atoms with Gasteiger partial charge in [-0.25, -0.2) is 0 Å². The zero-order valence-corrected chi connectivity index (χ0v) is 7.25. The van der Waals surface area contributed by atoms with Crippen molar-refractivity contribution in [1.82, 2.24) is 5.32 Å². The third-order valence-corrected chi connectivity index (χ3v) is 1.48. The first-order valence-electron chi connectivity index (χ1n) is 2.92. The van der Waals surface area contributed by atoms with Crippen LogP contribution in [0.2, 0.25) is 0 Å². The second-order valence-electron chi connectivity index (χ2n) is 2.28. The Balaban J connectivity index is 0. The number of nitrogens with two attached hydrogens (primary N) is 1. The molecule has 0 aliphatic carbocycles. The number of halogens is 2. The highest BCUT2D eigenvalue weighted by molar-refractivity contribution is 5.85. The molecule has 1 fully saturated rings. The minimum Gasteiger partial charge on any atom is -0.395 e. The van der Waals surface area contributed by atoms with Gasteiger partial charge in [-0.05, 0) is 6.42 Å². The predicted octanol–water partition coefficient (Wildman–Crippen LogP) is -0.489. The van der Waals surface area contributed by atoms with Gasteiger partial charge in [0.2, 0.25) is 0 Å². The van der Waals surface area contributed by atoms with E-state index in [-0.39, 0.29) is 43.5 Å². The van der Waals surface area contributed by atoms with Crippen LogP contribution in [-0.2, 0) is 0 Å². The first-order chi connectivity index (χ1) is 3.83. The van der Waals surface area contributed by atoms with Gasteiger partial charge in [0.05, 0.1) is 6.61 Å². The number of hydrogen-bond acceptors (Lipinski definition) is 3. The molecule has 0 saturated carbocycles. The van der Waals surface area contributed by atoms with Crippen LogP contribution in [0.3, 0.4) is 0 Å². The molecule has 1 heterocycles. The number of aliphatic hydroxyl groups is 1. The number of nitrogens with one attached hydrogen (secondary N) is 1. The van der Waals surface area contributed by atoms with Crippen molar-refractivity contribution in [1.29, 1.82) is 0 Å². The number of hydrogen-bond donors (Lipinski definition) is 3. The van der Waals surface area contributed by atoms with E-state index in [9.17, 15) is 0 Å². The van der Waals surface area contributed by atoms with E-state index in [0.717, 1.165) is 13.0 Å². The van der Waals surface area contributed by atoms with Gasteiger partial charge in [-0.1, -0.05) is 0 Å². The average molecular weight is 189 g/mol. The monoisotopic (exact) mass is 188 g/mol. The van der Waals surface area contributed by atoms with Crippen LogP contribution in [0.4, 0.5) is 0 Å². The van der Waals surface area contributed by atoms with Crippen molar-refractivity contribution in [2.75, 3.05) is 13.2 Å².